The van der Waals surface area contributed by atoms with Gasteiger partial charge in [-0.25, -0.2) is 0 Å². The number of hydrogen-bond acceptors (Lipinski definition) is 2. The highest BCUT2D eigenvalue weighted by Crippen LogP contribution is 2.21. The lowest BCUT2D eigenvalue weighted by atomic mass is 10.1. The molecular weight excluding hydrogens is 344 g/mol. The Morgan fingerprint density at radius 3 is 2.11 bits per heavy atom. The van der Waals surface area contributed by atoms with E-state index in [-0.39, 0.29) is 0 Å². The molecule has 3 rings (SSSR count). The van der Waals surface area contributed by atoms with Crippen molar-refractivity contribution in [1.82, 2.24) is 0 Å². The standard InChI is InChI=1S/C26H28O2/c1-3-4-5-6-7-18-28-25-15-11-21(12-16-25)8-9-22-10-13-24-20-26(27-2)17-14-23(24)19-22/h10-17,19-20H,3-7,18H2,1-2H3. The summed E-state index contributed by atoms with van der Waals surface area (Å²) in [6, 6.07) is 20.4. The van der Waals surface area contributed by atoms with E-state index in [1.54, 1.807) is 7.11 Å². The Morgan fingerprint density at radius 1 is 0.679 bits per heavy atom. The first-order valence-electron chi connectivity index (χ1n) is 10.1. The predicted molar refractivity (Wildman–Crippen MR) is 117 cm³/mol. The Morgan fingerprint density at radius 2 is 1.32 bits per heavy atom. The third-order valence-electron chi connectivity index (χ3n) is 4.77. The highest BCUT2D eigenvalue weighted by Gasteiger charge is 1.98. The third kappa shape index (κ3) is 5.79. The minimum atomic E-state index is 0.788. The Hall–Kier alpha value is -2.92. The van der Waals surface area contributed by atoms with Crippen molar-refractivity contribution < 1.29 is 9.47 Å². The molecule has 0 saturated heterocycles. The number of fused-ring (bicyclic) bond motifs is 1. The van der Waals surface area contributed by atoms with E-state index in [1.807, 2.05) is 42.5 Å². The van der Waals surface area contributed by atoms with Gasteiger partial charge in [0.1, 0.15) is 11.5 Å². The van der Waals surface area contributed by atoms with Crippen molar-refractivity contribution in [2.45, 2.75) is 39.0 Å². The van der Waals surface area contributed by atoms with Crippen LogP contribution in [0.5, 0.6) is 11.5 Å². The van der Waals surface area contributed by atoms with E-state index in [0.29, 0.717) is 0 Å². The van der Waals surface area contributed by atoms with E-state index in [4.69, 9.17) is 9.47 Å². The smallest absolute Gasteiger partial charge is 0.119 e. The summed E-state index contributed by atoms with van der Waals surface area (Å²) in [5.41, 5.74) is 2.00. The fourth-order valence-electron chi connectivity index (χ4n) is 3.10. The van der Waals surface area contributed by atoms with Crippen molar-refractivity contribution in [3.05, 3.63) is 71.8 Å². The summed E-state index contributed by atoms with van der Waals surface area (Å²) in [5, 5.41) is 2.32. The van der Waals surface area contributed by atoms with Gasteiger partial charge in [-0.2, -0.15) is 0 Å². The Balaban J connectivity index is 1.57. The molecule has 0 aliphatic rings. The maximum atomic E-state index is 5.81. The molecule has 0 aliphatic carbocycles. The maximum absolute atomic E-state index is 5.81. The SMILES string of the molecule is CCCCCCCOc1ccc(C#Cc2ccc3cc(OC)ccc3c2)cc1. The van der Waals surface area contributed by atoms with Gasteiger partial charge in [0.15, 0.2) is 0 Å². The third-order valence-corrected chi connectivity index (χ3v) is 4.77. The summed E-state index contributed by atoms with van der Waals surface area (Å²) in [7, 11) is 1.69. The molecule has 144 valence electrons. The van der Waals surface area contributed by atoms with Crippen molar-refractivity contribution in [3.63, 3.8) is 0 Å². The summed E-state index contributed by atoms with van der Waals surface area (Å²) in [5.74, 6) is 8.27. The normalized spacial score (nSPS) is 10.4. The minimum Gasteiger partial charge on any atom is -0.497 e. The van der Waals surface area contributed by atoms with Crippen LogP contribution < -0.4 is 9.47 Å². The fourth-order valence-corrected chi connectivity index (χ4v) is 3.10. The zero-order chi connectivity index (χ0) is 19.6. The molecular formula is C26H28O2. The fraction of sp³-hybridized carbons (Fsp3) is 0.308. The number of hydrogen-bond donors (Lipinski definition) is 0. The van der Waals surface area contributed by atoms with Gasteiger partial charge in [-0.1, -0.05) is 56.6 Å². The number of rotatable bonds is 8. The first kappa shape index (κ1) is 19.8. The number of unbranched alkanes of at least 4 members (excludes halogenated alkanes) is 4. The molecule has 0 amide bonds. The van der Waals surface area contributed by atoms with Crippen molar-refractivity contribution >= 4 is 10.8 Å². The van der Waals surface area contributed by atoms with E-state index in [1.165, 1.54) is 25.7 Å². The first-order chi connectivity index (χ1) is 13.8. The summed E-state index contributed by atoms with van der Waals surface area (Å²) in [6.07, 6.45) is 6.26. The van der Waals surface area contributed by atoms with Crippen LogP contribution in [0.1, 0.15) is 50.2 Å². The van der Waals surface area contributed by atoms with E-state index >= 15 is 0 Å². The van der Waals surface area contributed by atoms with E-state index in [2.05, 4.69) is 37.0 Å². The second kappa shape index (κ2) is 10.4. The van der Waals surface area contributed by atoms with Gasteiger partial charge in [0, 0.05) is 11.1 Å². The molecule has 0 spiro atoms. The van der Waals surface area contributed by atoms with Gasteiger partial charge in [0.25, 0.3) is 0 Å². The van der Waals surface area contributed by atoms with Gasteiger partial charge in [-0.3, -0.25) is 0 Å². The molecule has 0 saturated carbocycles. The molecule has 0 atom stereocenters. The molecule has 3 aromatic carbocycles. The van der Waals surface area contributed by atoms with Crippen LogP contribution in [0.4, 0.5) is 0 Å². The first-order valence-corrected chi connectivity index (χ1v) is 10.1. The van der Waals surface area contributed by atoms with Crippen LogP contribution in [0.15, 0.2) is 60.7 Å². The number of ether oxygens (including phenoxy) is 2. The van der Waals surface area contributed by atoms with Gasteiger partial charge >= 0.3 is 0 Å². The molecule has 0 heterocycles. The lowest BCUT2D eigenvalue weighted by Gasteiger charge is -2.05. The van der Waals surface area contributed by atoms with Crippen molar-refractivity contribution in [1.29, 1.82) is 0 Å². The zero-order valence-corrected chi connectivity index (χ0v) is 16.8. The van der Waals surface area contributed by atoms with Gasteiger partial charge in [0.2, 0.25) is 0 Å². The highest BCUT2D eigenvalue weighted by atomic mass is 16.5. The Labute approximate surface area is 168 Å². The minimum absolute atomic E-state index is 0.788. The molecule has 0 fully saturated rings. The molecule has 0 aromatic heterocycles. The van der Waals surface area contributed by atoms with Crippen molar-refractivity contribution in [2.24, 2.45) is 0 Å². The van der Waals surface area contributed by atoms with Crippen LogP contribution in [0, 0.1) is 11.8 Å². The Bertz CT molecular complexity index is 946. The summed E-state index contributed by atoms with van der Waals surface area (Å²) in [6.45, 7) is 3.02. The summed E-state index contributed by atoms with van der Waals surface area (Å²) in [4.78, 5) is 0. The quantitative estimate of drug-likeness (QED) is 0.328. The van der Waals surface area contributed by atoms with Crippen LogP contribution in [0.25, 0.3) is 10.8 Å². The van der Waals surface area contributed by atoms with Crippen molar-refractivity contribution in [2.75, 3.05) is 13.7 Å². The predicted octanol–water partition coefficient (Wildman–Crippen LogP) is 6.60. The molecule has 3 aromatic rings. The zero-order valence-electron chi connectivity index (χ0n) is 16.8. The Kier molecular flexibility index (Phi) is 7.38. The highest BCUT2D eigenvalue weighted by molar-refractivity contribution is 5.85. The molecule has 0 unspecified atom stereocenters. The van der Waals surface area contributed by atoms with Gasteiger partial charge in [-0.15, -0.1) is 0 Å². The summed E-state index contributed by atoms with van der Waals surface area (Å²) < 4.78 is 11.1. The summed E-state index contributed by atoms with van der Waals surface area (Å²) >= 11 is 0. The van der Waals surface area contributed by atoms with Gasteiger partial charge in [-0.05, 0) is 65.7 Å². The molecule has 28 heavy (non-hydrogen) atoms. The molecule has 0 bridgehead atoms. The van der Waals surface area contributed by atoms with Crippen molar-refractivity contribution in [3.8, 4) is 23.3 Å². The van der Waals surface area contributed by atoms with E-state index in [9.17, 15) is 0 Å². The van der Waals surface area contributed by atoms with Crippen LogP contribution in [-0.4, -0.2) is 13.7 Å². The second-order valence-electron chi connectivity index (χ2n) is 6.96. The molecule has 2 heteroatoms. The number of benzene rings is 3. The van der Waals surface area contributed by atoms with E-state index < -0.39 is 0 Å². The molecule has 0 N–H and O–H groups in total. The maximum Gasteiger partial charge on any atom is 0.119 e. The molecule has 2 nitrogen and oxygen atoms in total. The second-order valence-corrected chi connectivity index (χ2v) is 6.96. The van der Waals surface area contributed by atoms with Crippen LogP contribution in [-0.2, 0) is 0 Å². The van der Waals surface area contributed by atoms with Crippen LogP contribution >= 0.6 is 0 Å². The molecule has 0 radical (unpaired) electrons. The molecule has 0 aliphatic heterocycles. The average Bonchev–Trinajstić information content (AvgIpc) is 2.75. The van der Waals surface area contributed by atoms with E-state index in [0.717, 1.165) is 46.4 Å². The topological polar surface area (TPSA) is 18.5 Å². The van der Waals surface area contributed by atoms with Gasteiger partial charge < -0.3 is 9.47 Å². The lowest BCUT2D eigenvalue weighted by molar-refractivity contribution is 0.304. The lowest BCUT2D eigenvalue weighted by Crippen LogP contribution is -1.97. The number of methoxy groups -OCH3 is 1. The van der Waals surface area contributed by atoms with Crippen LogP contribution in [0.3, 0.4) is 0 Å². The largest absolute Gasteiger partial charge is 0.497 e. The average molecular weight is 373 g/mol. The monoisotopic (exact) mass is 372 g/mol. The van der Waals surface area contributed by atoms with Gasteiger partial charge in [0.05, 0.1) is 13.7 Å². The van der Waals surface area contributed by atoms with Crippen LogP contribution in [0.2, 0.25) is 0 Å².